The van der Waals surface area contributed by atoms with Gasteiger partial charge in [-0.2, -0.15) is 0 Å². The van der Waals surface area contributed by atoms with Gasteiger partial charge >= 0.3 is 0 Å². The number of benzene rings is 3. The Morgan fingerprint density at radius 1 is 0.826 bits per heavy atom. The molecule has 10 heteroatoms. The predicted molar refractivity (Wildman–Crippen MR) is 177 cm³/mol. The van der Waals surface area contributed by atoms with Crippen molar-refractivity contribution >= 4 is 34.5 Å². The van der Waals surface area contributed by atoms with Crippen molar-refractivity contribution in [2.24, 2.45) is 5.73 Å². The Bertz CT molecular complexity index is 1720. The summed E-state index contributed by atoms with van der Waals surface area (Å²) < 4.78 is 0. The number of nitrogens with two attached hydrogens (primary N) is 1. The van der Waals surface area contributed by atoms with Gasteiger partial charge in [-0.15, -0.1) is 0 Å². The topological polar surface area (TPSA) is 164 Å². The number of carbonyl (C=O) groups is 4. The second-order valence-corrected chi connectivity index (χ2v) is 12.5. The van der Waals surface area contributed by atoms with Crippen LogP contribution in [0.2, 0.25) is 0 Å². The van der Waals surface area contributed by atoms with E-state index in [1.54, 1.807) is 24.3 Å². The van der Waals surface area contributed by atoms with Crippen molar-refractivity contribution in [1.82, 2.24) is 20.9 Å². The van der Waals surface area contributed by atoms with Gasteiger partial charge in [0.1, 0.15) is 11.7 Å². The number of fused-ring (bicyclic) bond motifs is 1. The van der Waals surface area contributed by atoms with E-state index < -0.39 is 47.9 Å². The van der Waals surface area contributed by atoms with E-state index in [4.69, 9.17) is 5.73 Å². The predicted octanol–water partition coefficient (Wildman–Crippen LogP) is 3.38. The van der Waals surface area contributed by atoms with Crippen molar-refractivity contribution in [2.45, 2.75) is 70.7 Å². The number of pyridine rings is 1. The molecular formula is C36H41N5O5. The van der Waals surface area contributed by atoms with Gasteiger partial charge in [0.2, 0.25) is 11.8 Å². The summed E-state index contributed by atoms with van der Waals surface area (Å²) in [6, 6.07) is 23.1. The maximum absolute atomic E-state index is 13.7. The first-order valence-electron chi connectivity index (χ1n) is 15.2. The molecule has 4 amide bonds. The number of aliphatic hydroxyl groups is 1. The average Bonchev–Trinajstić information content (AvgIpc) is 2.99. The van der Waals surface area contributed by atoms with Crippen LogP contribution in [0.15, 0.2) is 84.9 Å². The fourth-order valence-electron chi connectivity index (χ4n) is 5.26. The van der Waals surface area contributed by atoms with Gasteiger partial charge in [-0.1, -0.05) is 72.8 Å². The number of hydrogen-bond acceptors (Lipinski definition) is 6. The summed E-state index contributed by atoms with van der Waals surface area (Å²) in [7, 11) is 0. The molecule has 4 aromatic rings. The van der Waals surface area contributed by atoms with E-state index in [0.29, 0.717) is 16.6 Å². The zero-order chi connectivity index (χ0) is 33.4. The van der Waals surface area contributed by atoms with Crippen molar-refractivity contribution in [3.05, 3.63) is 113 Å². The van der Waals surface area contributed by atoms with Gasteiger partial charge in [0.05, 0.1) is 24.1 Å². The SMILES string of the molecule is Cc1cccc(C[C@@H](O)[C@H](Cc2ccccc2)NC(=O)[C@H](CC(N)=O)NC(=O)c2ccc3ccccc3n2)c1C(=O)NC(C)(C)C. The highest BCUT2D eigenvalue weighted by Crippen LogP contribution is 2.20. The van der Waals surface area contributed by atoms with E-state index in [1.807, 2.05) is 82.3 Å². The Balaban J connectivity index is 1.58. The van der Waals surface area contributed by atoms with Gasteiger partial charge in [-0.05, 0) is 62.9 Å². The summed E-state index contributed by atoms with van der Waals surface area (Å²) in [5, 5.41) is 20.9. The van der Waals surface area contributed by atoms with Crippen LogP contribution < -0.4 is 21.7 Å². The highest BCUT2D eigenvalue weighted by Gasteiger charge is 2.30. The molecule has 0 fully saturated rings. The van der Waals surface area contributed by atoms with Gasteiger partial charge in [-0.3, -0.25) is 19.2 Å². The number of nitrogens with one attached hydrogen (secondary N) is 3. The Morgan fingerprint density at radius 2 is 1.52 bits per heavy atom. The van der Waals surface area contributed by atoms with E-state index in [2.05, 4.69) is 20.9 Å². The second-order valence-electron chi connectivity index (χ2n) is 12.5. The van der Waals surface area contributed by atoms with E-state index >= 15 is 0 Å². The van der Waals surface area contributed by atoms with Crippen LogP contribution in [0.4, 0.5) is 0 Å². The normalized spacial score (nSPS) is 13.3. The lowest BCUT2D eigenvalue weighted by molar-refractivity contribution is -0.128. The highest BCUT2D eigenvalue weighted by atomic mass is 16.3. The maximum atomic E-state index is 13.7. The van der Waals surface area contributed by atoms with Gasteiger partial charge < -0.3 is 26.8 Å². The van der Waals surface area contributed by atoms with Crippen LogP contribution in [0.25, 0.3) is 10.9 Å². The Morgan fingerprint density at radius 3 is 2.22 bits per heavy atom. The third-order valence-corrected chi connectivity index (χ3v) is 7.45. The molecule has 0 saturated carbocycles. The van der Waals surface area contributed by atoms with Crippen LogP contribution in [0.1, 0.15) is 64.7 Å². The van der Waals surface area contributed by atoms with E-state index in [0.717, 1.165) is 16.5 Å². The number of carbonyl (C=O) groups excluding carboxylic acids is 4. The molecule has 3 atom stereocenters. The van der Waals surface area contributed by atoms with E-state index in [-0.39, 0.29) is 24.4 Å². The molecule has 0 bridgehead atoms. The van der Waals surface area contributed by atoms with E-state index in [9.17, 15) is 24.3 Å². The molecule has 0 saturated heterocycles. The molecule has 0 radical (unpaired) electrons. The highest BCUT2D eigenvalue weighted by molar-refractivity contribution is 5.99. The van der Waals surface area contributed by atoms with Crippen molar-refractivity contribution in [3.63, 3.8) is 0 Å². The quantitative estimate of drug-likeness (QED) is 0.162. The number of aromatic nitrogens is 1. The number of primary amides is 1. The monoisotopic (exact) mass is 623 g/mol. The fourth-order valence-corrected chi connectivity index (χ4v) is 5.26. The fraction of sp³-hybridized carbons (Fsp3) is 0.306. The van der Waals surface area contributed by atoms with Gasteiger partial charge in [-0.25, -0.2) is 4.98 Å². The molecule has 4 rings (SSSR count). The third kappa shape index (κ3) is 9.21. The molecule has 0 aliphatic heterocycles. The number of amides is 4. The minimum atomic E-state index is -1.32. The second kappa shape index (κ2) is 14.8. The minimum Gasteiger partial charge on any atom is -0.391 e. The molecule has 3 aromatic carbocycles. The molecule has 46 heavy (non-hydrogen) atoms. The summed E-state index contributed by atoms with van der Waals surface area (Å²) in [5.74, 6) is -2.39. The molecule has 0 unspecified atom stereocenters. The lowest BCUT2D eigenvalue weighted by atomic mass is 9.91. The molecule has 240 valence electrons. The van der Waals surface area contributed by atoms with Crippen LogP contribution in [0.3, 0.4) is 0 Å². The maximum Gasteiger partial charge on any atom is 0.270 e. The number of aliphatic hydroxyl groups excluding tert-OH is 1. The molecule has 0 aliphatic carbocycles. The van der Waals surface area contributed by atoms with Gasteiger partial charge in [0.25, 0.3) is 11.8 Å². The molecule has 0 aliphatic rings. The van der Waals surface area contributed by atoms with E-state index in [1.165, 1.54) is 6.07 Å². The summed E-state index contributed by atoms with van der Waals surface area (Å²) in [6.45, 7) is 7.50. The lowest BCUT2D eigenvalue weighted by Crippen LogP contribution is -2.54. The largest absolute Gasteiger partial charge is 0.391 e. The molecule has 1 aromatic heterocycles. The summed E-state index contributed by atoms with van der Waals surface area (Å²) in [4.78, 5) is 56.5. The zero-order valence-electron chi connectivity index (χ0n) is 26.5. The Labute approximate surface area is 268 Å². The summed E-state index contributed by atoms with van der Waals surface area (Å²) >= 11 is 0. The number of nitrogens with zero attached hydrogens (tertiary/aromatic N) is 1. The minimum absolute atomic E-state index is 0.0558. The average molecular weight is 624 g/mol. The number of aryl methyl sites for hydroxylation is 1. The van der Waals surface area contributed by atoms with Crippen molar-refractivity contribution in [1.29, 1.82) is 0 Å². The van der Waals surface area contributed by atoms with Crippen LogP contribution in [-0.2, 0) is 22.4 Å². The summed E-state index contributed by atoms with van der Waals surface area (Å²) in [5.41, 5.74) is 8.34. The zero-order valence-corrected chi connectivity index (χ0v) is 26.5. The van der Waals surface area contributed by atoms with Gasteiger partial charge in [0.15, 0.2) is 0 Å². The number of hydrogen-bond donors (Lipinski definition) is 5. The first-order valence-corrected chi connectivity index (χ1v) is 15.2. The van der Waals surface area contributed by atoms with Crippen LogP contribution in [0, 0.1) is 6.92 Å². The summed E-state index contributed by atoms with van der Waals surface area (Å²) in [6.07, 6.45) is -1.31. The number of rotatable bonds is 12. The molecule has 10 nitrogen and oxygen atoms in total. The third-order valence-electron chi connectivity index (χ3n) is 7.45. The van der Waals surface area contributed by atoms with Crippen LogP contribution in [0.5, 0.6) is 0 Å². The van der Waals surface area contributed by atoms with Crippen LogP contribution >= 0.6 is 0 Å². The number of para-hydroxylation sites is 1. The van der Waals surface area contributed by atoms with Crippen molar-refractivity contribution in [3.8, 4) is 0 Å². The molecule has 1 heterocycles. The first-order chi connectivity index (χ1) is 21.8. The standard InChI is InChI=1S/C36H41N5O5/c1-22-11-10-15-25(32(22)35(46)41-36(2,3)4)20-30(42)28(19-23-12-6-5-7-13-23)39-34(45)29(21-31(37)43)40-33(44)27-18-17-24-14-8-9-16-26(24)38-27/h5-18,28-30,42H,19-21H2,1-4H3,(H2,37,43)(H,39,45)(H,40,44)(H,41,46)/t28-,29-,30+/m0/s1. The molecular weight excluding hydrogens is 582 g/mol. The van der Waals surface area contributed by atoms with Crippen molar-refractivity contribution < 1.29 is 24.3 Å². The smallest absolute Gasteiger partial charge is 0.270 e. The van der Waals surface area contributed by atoms with Gasteiger partial charge in [0, 0.05) is 22.9 Å². The molecule has 0 spiro atoms. The van der Waals surface area contributed by atoms with Crippen molar-refractivity contribution in [2.75, 3.05) is 0 Å². The lowest BCUT2D eigenvalue weighted by Gasteiger charge is -2.28. The Kier molecular flexibility index (Phi) is 10.9. The first kappa shape index (κ1) is 33.8. The molecule has 6 N–H and O–H groups in total. The Hall–Kier alpha value is -5.09. The van der Waals surface area contributed by atoms with Crippen LogP contribution in [-0.4, -0.2) is 57.4 Å².